The zero-order valence-electron chi connectivity index (χ0n) is 19.2. The Morgan fingerprint density at radius 3 is 2.36 bits per heavy atom. The van der Waals surface area contributed by atoms with Gasteiger partial charge >= 0.3 is 0 Å². The molecule has 0 spiro atoms. The van der Waals surface area contributed by atoms with Crippen molar-refractivity contribution >= 4 is 40.6 Å². The van der Waals surface area contributed by atoms with Gasteiger partial charge in [0.15, 0.2) is 5.69 Å². The second kappa shape index (κ2) is 10.7. The van der Waals surface area contributed by atoms with Gasteiger partial charge in [-0.3, -0.25) is 19.3 Å². The van der Waals surface area contributed by atoms with Gasteiger partial charge in [-0.2, -0.15) is 4.37 Å². The van der Waals surface area contributed by atoms with Crippen molar-refractivity contribution in [2.24, 2.45) is 11.7 Å². The van der Waals surface area contributed by atoms with Crippen molar-refractivity contribution in [3.63, 3.8) is 0 Å². The average Bonchev–Trinajstić information content (AvgIpc) is 3.42. The van der Waals surface area contributed by atoms with Crippen LogP contribution in [0.4, 0.5) is 11.4 Å². The summed E-state index contributed by atoms with van der Waals surface area (Å²) >= 11 is 0.801. The molecule has 9 nitrogen and oxygen atoms in total. The number of amides is 3. The molecule has 1 heterocycles. The van der Waals surface area contributed by atoms with Crippen LogP contribution in [0.3, 0.4) is 0 Å². The third-order valence-corrected chi connectivity index (χ3v) is 6.59. The predicted molar refractivity (Wildman–Crippen MR) is 128 cm³/mol. The first-order chi connectivity index (χ1) is 15.7. The van der Waals surface area contributed by atoms with Crippen LogP contribution < -0.4 is 26.4 Å². The van der Waals surface area contributed by atoms with E-state index in [1.54, 1.807) is 31.4 Å². The van der Waals surface area contributed by atoms with Crippen molar-refractivity contribution in [3.8, 4) is 5.75 Å². The van der Waals surface area contributed by atoms with E-state index in [2.05, 4.69) is 9.69 Å². The fourth-order valence-electron chi connectivity index (χ4n) is 4.06. The van der Waals surface area contributed by atoms with E-state index in [4.69, 9.17) is 16.2 Å². The summed E-state index contributed by atoms with van der Waals surface area (Å²) in [7, 11) is 1.55. The molecule has 1 saturated carbocycles. The number of benzene rings is 1. The van der Waals surface area contributed by atoms with Gasteiger partial charge in [-0.1, -0.05) is 26.7 Å². The molecule has 1 aliphatic carbocycles. The summed E-state index contributed by atoms with van der Waals surface area (Å²) in [5.74, 6) is -0.766. The Morgan fingerprint density at radius 2 is 1.85 bits per heavy atom. The van der Waals surface area contributed by atoms with E-state index in [0.717, 1.165) is 37.2 Å². The van der Waals surface area contributed by atoms with Crippen LogP contribution in [0.15, 0.2) is 24.3 Å². The minimum atomic E-state index is -0.809. The maximum atomic E-state index is 13.8. The Kier molecular flexibility index (Phi) is 7.91. The zero-order chi connectivity index (χ0) is 24.1. The van der Waals surface area contributed by atoms with Crippen LogP contribution in [0.2, 0.25) is 0 Å². The van der Waals surface area contributed by atoms with Crippen LogP contribution in [0, 0.1) is 5.92 Å². The number of anilines is 2. The van der Waals surface area contributed by atoms with Gasteiger partial charge in [0.25, 0.3) is 11.8 Å². The molecule has 1 fully saturated rings. The highest BCUT2D eigenvalue weighted by atomic mass is 32.1. The highest BCUT2D eigenvalue weighted by molar-refractivity contribution is 7.09. The molecule has 0 bridgehead atoms. The number of ether oxygens (including phenoxy) is 1. The topological polar surface area (TPSA) is 141 Å². The number of primary amides is 1. The number of hydrogen-bond donors (Lipinski definition) is 3. The predicted octanol–water partition coefficient (Wildman–Crippen LogP) is 2.95. The van der Waals surface area contributed by atoms with E-state index >= 15 is 0 Å². The molecule has 0 radical (unpaired) electrons. The van der Waals surface area contributed by atoms with E-state index in [-0.39, 0.29) is 34.1 Å². The molecule has 1 aromatic heterocycles. The number of nitrogens with two attached hydrogens (primary N) is 2. The second-order valence-electron chi connectivity index (χ2n) is 8.65. The van der Waals surface area contributed by atoms with Crippen molar-refractivity contribution in [2.75, 3.05) is 17.7 Å². The molecule has 1 unspecified atom stereocenters. The number of methoxy groups -OCH3 is 1. The molecule has 3 amide bonds. The van der Waals surface area contributed by atoms with Crippen molar-refractivity contribution in [1.82, 2.24) is 9.69 Å². The normalized spacial score (nSPS) is 14.8. The summed E-state index contributed by atoms with van der Waals surface area (Å²) in [6.07, 6.45) is 4.46. The average molecular weight is 474 g/mol. The lowest BCUT2D eigenvalue weighted by molar-refractivity contribution is -0.123. The van der Waals surface area contributed by atoms with Crippen molar-refractivity contribution in [3.05, 3.63) is 34.8 Å². The summed E-state index contributed by atoms with van der Waals surface area (Å²) in [5.41, 5.74) is 11.7. The first kappa shape index (κ1) is 24.5. The van der Waals surface area contributed by atoms with Crippen LogP contribution in [-0.2, 0) is 4.79 Å². The van der Waals surface area contributed by atoms with Gasteiger partial charge in [-0.25, -0.2) is 0 Å². The first-order valence-corrected chi connectivity index (χ1v) is 11.8. The molecular weight excluding hydrogens is 442 g/mol. The Bertz CT molecular complexity index is 999. The van der Waals surface area contributed by atoms with Crippen molar-refractivity contribution < 1.29 is 19.1 Å². The lowest BCUT2D eigenvalue weighted by Gasteiger charge is -2.33. The Hall–Kier alpha value is -3.14. The molecule has 178 valence electrons. The van der Waals surface area contributed by atoms with E-state index in [1.165, 1.54) is 4.90 Å². The van der Waals surface area contributed by atoms with Gasteiger partial charge < -0.3 is 21.5 Å². The van der Waals surface area contributed by atoms with Crippen LogP contribution in [0.5, 0.6) is 5.75 Å². The molecule has 1 aliphatic rings. The summed E-state index contributed by atoms with van der Waals surface area (Å²) in [6.45, 7) is 4.00. The number of carbonyl (C=O) groups is 3. The number of rotatable bonds is 9. The van der Waals surface area contributed by atoms with Crippen LogP contribution >= 0.6 is 11.5 Å². The smallest absolute Gasteiger partial charge is 0.272 e. The van der Waals surface area contributed by atoms with Gasteiger partial charge in [-0.15, -0.1) is 0 Å². The Labute approximate surface area is 197 Å². The van der Waals surface area contributed by atoms with Crippen LogP contribution in [0.1, 0.15) is 66.1 Å². The van der Waals surface area contributed by atoms with E-state index < -0.39 is 17.9 Å². The van der Waals surface area contributed by atoms with E-state index in [9.17, 15) is 14.4 Å². The maximum Gasteiger partial charge on any atom is 0.272 e. The van der Waals surface area contributed by atoms with Crippen LogP contribution in [0.25, 0.3) is 0 Å². The van der Waals surface area contributed by atoms with Crippen molar-refractivity contribution in [2.45, 2.75) is 58.0 Å². The third-order valence-electron chi connectivity index (χ3n) is 5.74. The first-order valence-electron chi connectivity index (χ1n) is 11.1. The molecule has 1 aromatic carbocycles. The molecule has 5 N–H and O–H groups in total. The summed E-state index contributed by atoms with van der Waals surface area (Å²) in [6, 6.07) is 6.22. The molecule has 0 saturated heterocycles. The Balaban J connectivity index is 2.04. The standard InChI is InChI=1S/C23H31N5O4S/c1-13(2)12-17(22(30)26-14-6-4-5-7-14)28(15-8-10-16(32-3)11-9-15)23(31)20-18(24)19(21(25)29)27-33-20/h8-11,13-14,17H,4-7,12,24H2,1-3H3,(H2,25,29)(H,26,30). The minimum absolute atomic E-state index is 0.0713. The van der Waals surface area contributed by atoms with Crippen molar-refractivity contribution in [1.29, 1.82) is 0 Å². The maximum absolute atomic E-state index is 13.8. The number of aromatic nitrogens is 1. The number of nitrogen functional groups attached to an aromatic ring is 1. The SMILES string of the molecule is COc1ccc(N(C(=O)c2snc(C(N)=O)c2N)C(CC(C)C)C(=O)NC2CCCC2)cc1. The van der Waals surface area contributed by atoms with E-state index in [1.807, 2.05) is 13.8 Å². The zero-order valence-corrected chi connectivity index (χ0v) is 20.0. The molecular formula is C23H31N5O4S. The fourth-order valence-corrected chi connectivity index (χ4v) is 4.81. The summed E-state index contributed by atoms with van der Waals surface area (Å²) < 4.78 is 9.20. The molecule has 1 atom stereocenters. The largest absolute Gasteiger partial charge is 0.497 e. The minimum Gasteiger partial charge on any atom is -0.497 e. The molecule has 33 heavy (non-hydrogen) atoms. The number of carbonyl (C=O) groups excluding carboxylic acids is 3. The van der Waals surface area contributed by atoms with Crippen LogP contribution in [-0.4, -0.2) is 41.3 Å². The van der Waals surface area contributed by atoms with E-state index in [0.29, 0.717) is 17.9 Å². The quantitative estimate of drug-likeness (QED) is 0.511. The molecule has 10 heteroatoms. The number of nitrogens with zero attached hydrogens (tertiary/aromatic N) is 2. The Morgan fingerprint density at radius 1 is 1.21 bits per heavy atom. The summed E-state index contributed by atoms with van der Waals surface area (Å²) in [4.78, 5) is 40.4. The second-order valence-corrected chi connectivity index (χ2v) is 9.42. The van der Waals surface area contributed by atoms with Gasteiger partial charge in [-0.05, 0) is 61.0 Å². The number of hydrogen-bond acceptors (Lipinski definition) is 7. The molecule has 0 aliphatic heterocycles. The van der Waals surface area contributed by atoms with Gasteiger partial charge in [0.2, 0.25) is 5.91 Å². The molecule has 3 rings (SSSR count). The third kappa shape index (κ3) is 5.62. The van der Waals surface area contributed by atoms with Gasteiger partial charge in [0, 0.05) is 11.7 Å². The molecule has 2 aromatic rings. The highest BCUT2D eigenvalue weighted by Gasteiger charge is 2.36. The lowest BCUT2D eigenvalue weighted by atomic mass is 9.99. The van der Waals surface area contributed by atoms with Gasteiger partial charge in [0.1, 0.15) is 16.7 Å². The monoisotopic (exact) mass is 473 g/mol. The fraction of sp³-hybridized carbons (Fsp3) is 0.478. The number of nitrogens with one attached hydrogen (secondary N) is 1. The lowest BCUT2D eigenvalue weighted by Crippen LogP contribution is -2.52. The van der Waals surface area contributed by atoms with Gasteiger partial charge in [0.05, 0.1) is 12.8 Å². The highest BCUT2D eigenvalue weighted by Crippen LogP contribution is 2.30. The summed E-state index contributed by atoms with van der Waals surface area (Å²) in [5, 5.41) is 3.13.